The van der Waals surface area contributed by atoms with Gasteiger partial charge in [0.2, 0.25) is 0 Å². The number of para-hydroxylation sites is 1. The lowest BCUT2D eigenvalue weighted by Crippen LogP contribution is -2.34. The zero-order valence-electron chi connectivity index (χ0n) is 17.0. The molecule has 1 fully saturated rings. The van der Waals surface area contributed by atoms with Crippen molar-refractivity contribution in [3.05, 3.63) is 78.3 Å². The molecule has 4 heterocycles. The first-order chi connectivity index (χ1) is 14.8. The third kappa shape index (κ3) is 3.56. The Labute approximate surface area is 175 Å². The van der Waals surface area contributed by atoms with Crippen molar-refractivity contribution in [2.45, 2.75) is 32.2 Å². The Morgan fingerprint density at radius 1 is 0.900 bits per heavy atom. The number of pyridine rings is 1. The molecule has 30 heavy (non-hydrogen) atoms. The zero-order valence-corrected chi connectivity index (χ0v) is 17.0. The molecule has 0 aliphatic carbocycles. The summed E-state index contributed by atoms with van der Waals surface area (Å²) in [7, 11) is 0. The van der Waals surface area contributed by atoms with Crippen LogP contribution in [-0.2, 0) is 6.54 Å². The zero-order chi connectivity index (χ0) is 20.3. The predicted octanol–water partition coefficient (Wildman–Crippen LogP) is 2.99. The van der Waals surface area contributed by atoms with Gasteiger partial charge in [-0.1, -0.05) is 24.3 Å². The number of piperidine rings is 1. The molecule has 1 saturated heterocycles. The first-order valence-electron chi connectivity index (χ1n) is 10.3. The highest BCUT2D eigenvalue weighted by molar-refractivity contribution is 5.43. The van der Waals surface area contributed by atoms with E-state index in [4.69, 9.17) is 0 Å². The van der Waals surface area contributed by atoms with E-state index in [9.17, 15) is 0 Å². The number of aryl methyl sites for hydroxylation is 1. The first-order valence-corrected chi connectivity index (χ1v) is 10.3. The van der Waals surface area contributed by atoms with Gasteiger partial charge in [-0.3, -0.25) is 4.57 Å². The van der Waals surface area contributed by atoms with Crippen molar-refractivity contribution in [2.75, 3.05) is 18.0 Å². The highest BCUT2D eigenvalue weighted by Crippen LogP contribution is 2.31. The highest BCUT2D eigenvalue weighted by Gasteiger charge is 2.28. The smallest absolute Gasteiger partial charge is 0.161 e. The second-order valence-electron chi connectivity index (χ2n) is 7.61. The Hall–Kier alpha value is -3.55. The molecule has 0 unspecified atom stereocenters. The van der Waals surface area contributed by atoms with Crippen LogP contribution in [0.4, 0.5) is 5.82 Å². The number of hydrogen-bond acceptors (Lipinski definition) is 6. The third-order valence-electron chi connectivity index (χ3n) is 5.69. The van der Waals surface area contributed by atoms with Gasteiger partial charge in [0, 0.05) is 25.2 Å². The standard InChI is InChI=1S/C22H24N8/c1-17-6-2-3-7-19(17)30-21(16-29-24-12-13-25-29)26-27-22(30)18-9-14-28(15-10-18)20-8-4-5-11-23-20/h2-8,11-13,18H,9-10,14-16H2,1H3. The Morgan fingerprint density at radius 2 is 1.67 bits per heavy atom. The minimum atomic E-state index is 0.344. The van der Waals surface area contributed by atoms with E-state index < -0.39 is 0 Å². The number of rotatable bonds is 5. The van der Waals surface area contributed by atoms with E-state index >= 15 is 0 Å². The Balaban J connectivity index is 1.45. The Bertz CT molecular complexity index is 1100. The van der Waals surface area contributed by atoms with Crippen LogP contribution in [0.15, 0.2) is 61.1 Å². The number of benzene rings is 1. The second-order valence-corrected chi connectivity index (χ2v) is 7.61. The molecule has 5 rings (SSSR count). The van der Waals surface area contributed by atoms with Crippen LogP contribution in [0.1, 0.15) is 36.0 Å². The molecule has 8 heteroatoms. The van der Waals surface area contributed by atoms with Gasteiger partial charge in [0.1, 0.15) is 18.2 Å². The van der Waals surface area contributed by atoms with Crippen molar-refractivity contribution in [1.82, 2.24) is 34.7 Å². The number of anilines is 1. The fraction of sp³-hybridized carbons (Fsp3) is 0.318. The summed E-state index contributed by atoms with van der Waals surface area (Å²) in [6.45, 7) is 4.52. The minimum absolute atomic E-state index is 0.344. The van der Waals surface area contributed by atoms with Gasteiger partial charge in [-0.05, 0) is 43.5 Å². The van der Waals surface area contributed by atoms with Crippen molar-refractivity contribution in [2.24, 2.45) is 0 Å². The van der Waals surface area contributed by atoms with Gasteiger partial charge in [-0.2, -0.15) is 15.0 Å². The minimum Gasteiger partial charge on any atom is -0.357 e. The molecule has 0 spiro atoms. The summed E-state index contributed by atoms with van der Waals surface area (Å²) < 4.78 is 2.21. The van der Waals surface area contributed by atoms with Crippen molar-refractivity contribution in [1.29, 1.82) is 0 Å². The molecule has 3 aromatic heterocycles. The van der Waals surface area contributed by atoms with E-state index in [-0.39, 0.29) is 0 Å². The van der Waals surface area contributed by atoms with Crippen LogP contribution in [-0.4, -0.2) is 47.8 Å². The second kappa shape index (κ2) is 8.06. The lowest BCUT2D eigenvalue weighted by molar-refractivity contribution is 0.475. The maximum absolute atomic E-state index is 4.65. The van der Waals surface area contributed by atoms with Crippen molar-refractivity contribution in [3.8, 4) is 5.69 Å². The van der Waals surface area contributed by atoms with Gasteiger partial charge in [0.05, 0.1) is 18.1 Å². The molecule has 0 atom stereocenters. The average molecular weight is 400 g/mol. The molecule has 8 nitrogen and oxygen atoms in total. The molecule has 0 radical (unpaired) electrons. The van der Waals surface area contributed by atoms with Crippen molar-refractivity contribution >= 4 is 5.82 Å². The van der Waals surface area contributed by atoms with Crippen LogP contribution in [0.25, 0.3) is 5.69 Å². The molecule has 0 N–H and O–H groups in total. The SMILES string of the molecule is Cc1ccccc1-n1c(Cn2nccn2)nnc1C1CCN(c2ccccn2)CC1. The van der Waals surface area contributed by atoms with E-state index in [1.165, 1.54) is 5.56 Å². The lowest BCUT2D eigenvalue weighted by atomic mass is 9.95. The third-order valence-corrected chi connectivity index (χ3v) is 5.69. The van der Waals surface area contributed by atoms with E-state index in [0.717, 1.165) is 49.1 Å². The fourth-order valence-electron chi connectivity index (χ4n) is 4.13. The molecule has 1 aliphatic rings. The van der Waals surface area contributed by atoms with E-state index in [0.29, 0.717) is 12.5 Å². The summed E-state index contributed by atoms with van der Waals surface area (Å²) in [6, 6.07) is 14.4. The number of nitrogens with zero attached hydrogens (tertiary/aromatic N) is 8. The maximum atomic E-state index is 4.65. The van der Waals surface area contributed by atoms with Crippen LogP contribution in [0.2, 0.25) is 0 Å². The van der Waals surface area contributed by atoms with Crippen LogP contribution in [0.5, 0.6) is 0 Å². The average Bonchev–Trinajstić information content (AvgIpc) is 3.45. The van der Waals surface area contributed by atoms with Gasteiger partial charge >= 0.3 is 0 Å². The molecule has 0 amide bonds. The summed E-state index contributed by atoms with van der Waals surface area (Å²) in [4.78, 5) is 8.49. The van der Waals surface area contributed by atoms with Crippen molar-refractivity contribution in [3.63, 3.8) is 0 Å². The normalized spacial score (nSPS) is 14.9. The largest absolute Gasteiger partial charge is 0.357 e. The highest BCUT2D eigenvalue weighted by atomic mass is 15.5. The summed E-state index contributed by atoms with van der Waals surface area (Å²) in [5.41, 5.74) is 2.31. The van der Waals surface area contributed by atoms with E-state index in [1.807, 2.05) is 18.3 Å². The molecule has 152 valence electrons. The number of hydrogen-bond donors (Lipinski definition) is 0. The van der Waals surface area contributed by atoms with Gasteiger partial charge in [0.15, 0.2) is 5.82 Å². The lowest BCUT2D eigenvalue weighted by Gasteiger charge is -2.32. The summed E-state index contributed by atoms with van der Waals surface area (Å²) in [6.07, 6.45) is 7.25. The summed E-state index contributed by atoms with van der Waals surface area (Å²) in [5, 5.41) is 17.7. The molecule has 1 aliphatic heterocycles. The van der Waals surface area contributed by atoms with Gasteiger partial charge in [-0.15, -0.1) is 10.2 Å². The molecule has 1 aromatic carbocycles. The number of aromatic nitrogens is 7. The van der Waals surface area contributed by atoms with Crippen LogP contribution < -0.4 is 4.90 Å². The topological polar surface area (TPSA) is 77.5 Å². The molecular formula is C22H24N8. The van der Waals surface area contributed by atoms with E-state index in [1.54, 1.807) is 17.2 Å². The molecule has 4 aromatic rings. The monoisotopic (exact) mass is 400 g/mol. The van der Waals surface area contributed by atoms with Crippen LogP contribution >= 0.6 is 0 Å². The summed E-state index contributed by atoms with van der Waals surface area (Å²) in [5.74, 6) is 3.26. The molecular weight excluding hydrogens is 376 g/mol. The van der Waals surface area contributed by atoms with Crippen LogP contribution in [0.3, 0.4) is 0 Å². The Morgan fingerprint density at radius 3 is 2.40 bits per heavy atom. The Kier molecular flexibility index (Phi) is 4.96. The summed E-state index contributed by atoms with van der Waals surface area (Å²) >= 11 is 0. The maximum Gasteiger partial charge on any atom is 0.161 e. The van der Waals surface area contributed by atoms with E-state index in [2.05, 4.69) is 72.1 Å². The van der Waals surface area contributed by atoms with Crippen molar-refractivity contribution < 1.29 is 0 Å². The predicted molar refractivity (Wildman–Crippen MR) is 114 cm³/mol. The molecule has 0 bridgehead atoms. The van der Waals surface area contributed by atoms with Gasteiger partial charge in [0.25, 0.3) is 0 Å². The van der Waals surface area contributed by atoms with Crippen LogP contribution in [0, 0.1) is 6.92 Å². The fourth-order valence-corrected chi connectivity index (χ4v) is 4.13. The first kappa shape index (κ1) is 18.5. The quantitative estimate of drug-likeness (QED) is 0.513. The molecule has 0 saturated carbocycles. The van der Waals surface area contributed by atoms with Gasteiger partial charge in [-0.25, -0.2) is 4.98 Å². The van der Waals surface area contributed by atoms with Gasteiger partial charge < -0.3 is 4.90 Å².